The quantitative estimate of drug-likeness (QED) is 0.831. The van der Waals surface area contributed by atoms with Gasteiger partial charge in [-0.2, -0.15) is 0 Å². The molecule has 1 unspecified atom stereocenters. The van der Waals surface area contributed by atoms with Crippen LogP contribution >= 0.6 is 11.8 Å². The Balaban J connectivity index is 1.90. The van der Waals surface area contributed by atoms with E-state index in [4.69, 9.17) is 4.74 Å². The molecule has 2 aliphatic heterocycles. The topological polar surface area (TPSA) is 41.6 Å². The van der Waals surface area contributed by atoms with E-state index in [9.17, 15) is 9.18 Å². The number of rotatable bonds is 1. The van der Waals surface area contributed by atoms with Gasteiger partial charge in [-0.15, -0.1) is 11.8 Å². The van der Waals surface area contributed by atoms with Crippen LogP contribution in [-0.4, -0.2) is 36.7 Å². The Bertz CT molecular complexity index is 477. The lowest BCUT2D eigenvalue weighted by Gasteiger charge is -2.31. The fraction of sp³-hybridized carbons (Fsp3) is 0.417. The van der Waals surface area contributed by atoms with Gasteiger partial charge >= 0.3 is 0 Å². The first-order valence-electron chi connectivity index (χ1n) is 5.80. The Hall–Kier alpha value is -1.27. The molecule has 1 atom stereocenters. The Morgan fingerprint density at radius 3 is 3.22 bits per heavy atom. The van der Waals surface area contributed by atoms with Crippen LogP contribution in [0.25, 0.3) is 0 Å². The number of ether oxygens (including phenoxy) is 1. The molecule has 6 heteroatoms. The summed E-state index contributed by atoms with van der Waals surface area (Å²) in [6, 6.07) is 4.09. The molecule has 1 fully saturated rings. The van der Waals surface area contributed by atoms with Crippen LogP contribution < -0.4 is 15.0 Å². The van der Waals surface area contributed by atoms with Crippen LogP contribution in [0.15, 0.2) is 18.2 Å². The molecule has 1 N–H and O–H groups in total. The Morgan fingerprint density at radius 2 is 2.44 bits per heavy atom. The lowest BCUT2D eigenvalue weighted by molar-refractivity contribution is -0.120. The fourth-order valence-electron chi connectivity index (χ4n) is 2.16. The number of thioether (sulfide) groups is 1. The summed E-state index contributed by atoms with van der Waals surface area (Å²) in [5, 5.41) is 3.14. The van der Waals surface area contributed by atoms with Gasteiger partial charge in [-0.3, -0.25) is 10.1 Å². The van der Waals surface area contributed by atoms with Gasteiger partial charge in [-0.1, -0.05) is 0 Å². The van der Waals surface area contributed by atoms with Crippen LogP contribution in [0.4, 0.5) is 10.1 Å². The van der Waals surface area contributed by atoms with Crippen molar-refractivity contribution in [3.63, 3.8) is 0 Å². The third-order valence-electron chi connectivity index (χ3n) is 3.06. The maximum atomic E-state index is 13.3. The molecular formula is C12H13FN2O2S. The van der Waals surface area contributed by atoms with Crippen LogP contribution in [0, 0.1) is 5.82 Å². The zero-order valence-electron chi connectivity index (χ0n) is 9.69. The second kappa shape index (κ2) is 4.78. The molecule has 1 aromatic carbocycles. The van der Waals surface area contributed by atoms with E-state index in [2.05, 4.69) is 5.32 Å². The van der Waals surface area contributed by atoms with E-state index in [-0.39, 0.29) is 17.8 Å². The number of fused-ring (bicyclic) bond motifs is 1. The predicted octanol–water partition coefficient (Wildman–Crippen LogP) is 1.21. The number of anilines is 1. The summed E-state index contributed by atoms with van der Waals surface area (Å²) in [7, 11) is 0. The van der Waals surface area contributed by atoms with E-state index in [1.165, 1.54) is 12.1 Å². The third kappa shape index (κ3) is 2.06. The normalized spacial score (nSPS) is 22.5. The smallest absolute Gasteiger partial charge is 0.245 e. The number of benzene rings is 1. The van der Waals surface area contributed by atoms with Crippen LogP contribution in [0.5, 0.6) is 5.75 Å². The van der Waals surface area contributed by atoms with Crippen molar-refractivity contribution in [3.8, 4) is 5.75 Å². The van der Waals surface area contributed by atoms with Gasteiger partial charge in [0.15, 0.2) is 0 Å². The van der Waals surface area contributed by atoms with E-state index in [1.54, 1.807) is 22.7 Å². The first-order chi connectivity index (χ1) is 8.75. The first-order valence-corrected chi connectivity index (χ1v) is 6.96. The van der Waals surface area contributed by atoms with Crippen molar-refractivity contribution in [1.29, 1.82) is 0 Å². The maximum absolute atomic E-state index is 13.3. The second-order valence-corrected chi connectivity index (χ2v) is 5.25. The molecule has 18 heavy (non-hydrogen) atoms. The van der Waals surface area contributed by atoms with Crippen LogP contribution in [0.3, 0.4) is 0 Å². The standard InChI is InChI=1S/C12H13FN2O2S/c13-8-1-2-11-10(5-8)15(3-4-17-11)12(16)9-6-18-7-14-9/h1-2,5,9,14H,3-4,6-7H2. The van der Waals surface area contributed by atoms with E-state index in [1.807, 2.05) is 0 Å². The van der Waals surface area contributed by atoms with Crippen molar-refractivity contribution >= 4 is 23.4 Å². The van der Waals surface area contributed by atoms with Crippen molar-refractivity contribution in [3.05, 3.63) is 24.0 Å². The summed E-state index contributed by atoms with van der Waals surface area (Å²) in [4.78, 5) is 14.0. The average molecular weight is 268 g/mol. The van der Waals surface area contributed by atoms with Crippen LogP contribution in [0.1, 0.15) is 0 Å². The van der Waals surface area contributed by atoms with Crippen molar-refractivity contribution in [2.24, 2.45) is 0 Å². The van der Waals surface area contributed by atoms with Gasteiger partial charge in [0, 0.05) is 17.7 Å². The van der Waals surface area contributed by atoms with Crippen molar-refractivity contribution in [2.45, 2.75) is 6.04 Å². The Kier molecular flexibility index (Phi) is 3.13. The third-order valence-corrected chi connectivity index (χ3v) is 4.00. The summed E-state index contributed by atoms with van der Waals surface area (Å²) in [6.45, 7) is 0.919. The van der Waals surface area contributed by atoms with Gasteiger partial charge in [0.25, 0.3) is 0 Å². The summed E-state index contributed by atoms with van der Waals surface area (Å²) < 4.78 is 18.7. The average Bonchev–Trinajstić information content (AvgIpc) is 2.91. The minimum absolute atomic E-state index is 0.00449. The predicted molar refractivity (Wildman–Crippen MR) is 68.5 cm³/mol. The highest BCUT2D eigenvalue weighted by atomic mass is 32.2. The van der Waals surface area contributed by atoms with Gasteiger partial charge in [0.1, 0.15) is 18.2 Å². The molecule has 4 nitrogen and oxygen atoms in total. The lowest BCUT2D eigenvalue weighted by Crippen LogP contribution is -2.48. The van der Waals surface area contributed by atoms with E-state index in [0.717, 1.165) is 11.6 Å². The molecular weight excluding hydrogens is 255 g/mol. The summed E-state index contributed by atoms with van der Waals surface area (Å²) >= 11 is 1.70. The molecule has 0 aromatic heterocycles. The number of hydrogen-bond donors (Lipinski definition) is 1. The molecule has 0 bridgehead atoms. The SMILES string of the molecule is O=C(C1CSCN1)N1CCOc2ccc(F)cc21. The second-order valence-electron chi connectivity index (χ2n) is 4.22. The molecule has 1 saturated heterocycles. The minimum atomic E-state index is -0.356. The number of hydrogen-bond acceptors (Lipinski definition) is 4. The number of carbonyl (C=O) groups is 1. The molecule has 1 amide bonds. The fourth-order valence-corrected chi connectivity index (χ4v) is 3.09. The number of nitrogens with zero attached hydrogens (tertiary/aromatic N) is 1. The van der Waals surface area contributed by atoms with Gasteiger partial charge in [0.05, 0.1) is 18.3 Å². The zero-order chi connectivity index (χ0) is 12.5. The highest BCUT2D eigenvalue weighted by molar-refractivity contribution is 7.99. The van der Waals surface area contributed by atoms with Gasteiger partial charge in [0.2, 0.25) is 5.91 Å². The zero-order valence-corrected chi connectivity index (χ0v) is 10.5. The summed E-state index contributed by atoms with van der Waals surface area (Å²) in [6.07, 6.45) is 0. The van der Waals surface area contributed by atoms with Crippen molar-refractivity contribution < 1.29 is 13.9 Å². The van der Waals surface area contributed by atoms with E-state index < -0.39 is 0 Å². The molecule has 1 aromatic rings. The monoisotopic (exact) mass is 268 g/mol. The molecule has 0 aliphatic carbocycles. The van der Waals surface area contributed by atoms with Crippen molar-refractivity contribution in [2.75, 3.05) is 29.7 Å². The van der Waals surface area contributed by atoms with Crippen LogP contribution in [0.2, 0.25) is 0 Å². The highest BCUT2D eigenvalue weighted by Gasteiger charge is 2.31. The Morgan fingerprint density at radius 1 is 1.56 bits per heavy atom. The molecule has 3 rings (SSSR count). The summed E-state index contributed by atoms with van der Waals surface area (Å²) in [5.41, 5.74) is 0.532. The van der Waals surface area contributed by atoms with Crippen molar-refractivity contribution in [1.82, 2.24) is 5.32 Å². The minimum Gasteiger partial charge on any atom is -0.490 e. The number of nitrogens with one attached hydrogen (secondary N) is 1. The van der Waals surface area contributed by atoms with Crippen LogP contribution in [-0.2, 0) is 4.79 Å². The molecule has 0 radical (unpaired) electrons. The molecule has 96 valence electrons. The molecule has 2 aliphatic rings. The largest absolute Gasteiger partial charge is 0.490 e. The van der Waals surface area contributed by atoms with E-state index in [0.29, 0.717) is 24.6 Å². The van der Waals surface area contributed by atoms with Gasteiger partial charge in [-0.05, 0) is 12.1 Å². The number of carbonyl (C=O) groups excluding carboxylic acids is 1. The Labute approximate surface area is 108 Å². The number of halogens is 1. The maximum Gasteiger partial charge on any atom is 0.245 e. The first kappa shape index (κ1) is 11.8. The molecule has 0 saturated carbocycles. The van der Waals surface area contributed by atoms with E-state index >= 15 is 0 Å². The highest BCUT2D eigenvalue weighted by Crippen LogP contribution is 2.32. The lowest BCUT2D eigenvalue weighted by atomic mass is 10.2. The van der Waals surface area contributed by atoms with Gasteiger partial charge in [-0.25, -0.2) is 4.39 Å². The van der Waals surface area contributed by atoms with Gasteiger partial charge < -0.3 is 9.64 Å². The summed E-state index contributed by atoms with van der Waals surface area (Å²) in [5.74, 6) is 1.76. The molecule has 2 heterocycles. The number of amides is 1. The molecule has 0 spiro atoms.